The van der Waals surface area contributed by atoms with Crippen molar-refractivity contribution < 1.29 is 14.7 Å². The molecule has 3 aliphatic rings. The Bertz CT molecular complexity index is 1030. The predicted octanol–water partition coefficient (Wildman–Crippen LogP) is 2.43. The van der Waals surface area contributed by atoms with Gasteiger partial charge in [0.2, 0.25) is 0 Å². The van der Waals surface area contributed by atoms with Crippen LogP contribution in [0.15, 0.2) is 60.8 Å². The van der Waals surface area contributed by atoms with E-state index in [2.05, 4.69) is 53.5 Å². The van der Waals surface area contributed by atoms with Gasteiger partial charge in [-0.1, -0.05) is 48.5 Å². The SMILES string of the molecule is CCN1CN(C2c3ccccc3CCc3ccccc32)N2C=CC(=O)C(O)C2(C)C1=O. The second-order valence-corrected chi connectivity index (χ2v) is 8.66. The van der Waals surface area contributed by atoms with Crippen LogP contribution in [0.25, 0.3) is 0 Å². The second-order valence-electron chi connectivity index (χ2n) is 8.66. The van der Waals surface area contributed by atoms with Gasteiger partial charge in [-0.15, -0.1) is 0 Å². The molecule has 1 amide bonds. The Labute approximate surface area is 182 Å². The lowest BCUT2D eigenvalue weighted by Crippen LogP contribution is -2.75. The van der Waals surface area contributed by atoms with Crippen LogP contribution in [0.5, 0.6) is 0 Å². The lowest BCUT2D eigenvalue weighted by atomic mass is 9.85. The van der Waals surface area contributed by atoms with Crippen LogP contribution in [-0.2, 0) is 22.4 Å². The first-order chi connectivity index (χ1) is 15.0. The Morgan fingerprint density at radius 3 is 2.16 bits per heavy atom. The van der Waals surface area contributed by atoms with E-state index in [9.17, 15) is 14.7 Å². The minimum absolute atomic E-state index is 0.138. The fourth-order valence-electron chi connectivity index (χ4n) is 5.25. The Morgan fingerprint density at radius 2 is 1.58 bits per heavy atom. The first-order valence-corrected chi connectivity index (χ1v) is 10.9. The van der Waals surface area contributed by atoms with Gasteiger partial charge in [0.15, 0.2) is 11.3 Å². The molecule has 1 aliphatic carbocycles. The number of aryl methyl sites for hydroxylation is 2. The average molecular weight is 418 g/mol. The highest BCUT2D eigenvalue weighted by Gasteiger charge is 2.57. The molecule has 2 aromatic carbocycles. The summed E-state index contributed by atoms with van der Waals surface area (Å²) in [4.78, 5) is 27.5. The van der Waals surface area contributed by atoms with Crippen molar-refractivity contribution >= 4 is 11.7 Å². The predicted molar refractivity (Wildman–Crippen MR) is 117 cm³/mol. The van der Waals surface area contributed by atoms with E-state index in [0.29, 0.717) is 13.2 Å². The van der Waals surface area contributed by atoms with Gasteiger partial charge in [0, 0.05) is 18.8 Å². The van der Waals surface area contributed by atoms with E-state index < -0.39 is 17.4 Å². The molecule has 2 unspecified atom stereocenters. The number of hydrazine groups is 1. The second kappa shape index (κ2) is 7.32. The molecule has 5 rings (SSSR count). The molecule has 1 N–H and O–H groups in total. The van der Waals surface area contributed by atoms with Gasteiger partial charge in [-0.3, -0.25) is 14.6 Å². The van der Waals surface area contributed by atoms with Gasteiger partial charge in [-0.2, -0.15) is 5.01 Å². The molecule has 6 heteroatoms. The van der Waals surface area contributed by atoms with Crippen molar-refractivity contribution in [3.63, 3.8) is 0 Å². The van der Waals surface area contributed by atoms with Gasteiger partial charge in [0.1, 0.15) is 6.10 Å². The van der Waals surface area contributed by atoms with Crippen LogP contribution < -0.4 is 0 Å². The largest absolute Gasteiger partial charge is 0.382 e. The van der Waals surface area contributed by atoms with Crippen LogP contribution in [-0.4, -0.2) is 56.6 Å². The van der Waals surface area contributed by atoms with E-state index in [1.807, 2.05) is 6.92 Å². The summed E-state index contributed by atoms with van der Waals surface area (Å²) in [5, 5.41) is 14.8. The number of fused-ring (bicyclic) bond motifs is 3. The van der Waals surface area contributed by atoms with E-state index in [4.69, 9.17) is 0 Å². The summed E-state index contributed by atoms with van der Waals surface area (Å²) in [7, 11) is 0. The maximum Gasteiger partial charge on any atom is 0.253 e. The third-order valence-corrected chi connectivity index (χ3v) is 7.01. The lowest BCUT2D eigenvalue weighted by Gasteiger charge is -2.57. The minimum atomic E-state index is -1.42. The zero-order chi connectivity index (χ0) is 21.8. The third kappa shape index (κ3) is 2.86. The first-order valence-electron chi connectivity index (χ1n) is 10.9. The van der Waals surface area contributed by atoms with Crippen molar-refractivity contribution in [3.8, 4) is 0 Å². The van der Waals surface area contributed by atoms with Crippen molar-refractivity contribution in [1.29, 1.82) is 0 Å². The molecule has 0 bridgehead atoms. The fraction of sp³-hybridized carbons (Fsp3) is 0.360. The highest BCUT2D eigenvalue weighted by atomic mass is 16.3. The number of hydrogen-bond donors (Lipinski definition) is 1. The highest BCUT2D eigenvalue weighted by Crippen LogP contribution is 2.43. The summed E-state index contributed by atoms with van der Waals surface area (Å²) in [5.41, 5.74) is 3.57. The molecule has 0 aromatic heterocycles. The zero-order valence-corrected chi connectivity index (χ0v) is 17.9. The molecule has 0 saturated carbocycles. The molecule has 1 fully saturated rings. The Hall–Kier alpha value is -2.96. The topological polar surface area (TPSA) is 64.1 Å². The number of aliphatic hydroxyl groups excluding tert-OH is 1. The number of likely N-dealkylation sites (N-methyl/N-ethyl adjacent to an activating group) is 1. The lowest BCUT2D eigenvalue weighted by molar-refractivity contribution is -0.206. The molecule has 0 radical (unpaired) electrons. The monoisotopic (exact) mass is 417 g/mol. The smallest absolute Gasteiger partial charge is 0.253 e. The Kier molecular flexibility index (Phi) is 4.72. The summed E-state index contributed by atoms with van der Waals surface area (Å²) in [5.74, 6) is -0.668. The maximum absolute atomic E-state index is 13.4. The number of ketones is 1. The van der Waals surface area contributed by atoms with Gasteiger partial charge in [0.05, 0.1) is 12.7 Å². The molecule has 0 spiro atoms. The molecule has 160 valence electrons. The molecule has 2 aromatic rings. The molecule has 2 aliphatic heterocycles. The number of carbonyl (C=O) groups excluding carboxylic acids is 2. The normalized spacial score (nSPS) is 26.4. The number of carbonyl (C=O) groups is 2. The Morgan fingerprint density at radius 1 is 1.00 bits per heavy atom. The quantitative estimate of drug-likeness (QED) is 0.813. The van der Waals surface area contributed by atoms with Crippen LogP contribution in [0.2, 0.25) is 0 Å². The summed E-state index contributed by atoms with van der Waals surface area (Å²) in [6.45, 7) is 4.48. The minimum Gasteiger partial charge on any atom is -0.382 e. The number of amides is 1. The average Bonchev–Trinajstić information content (AvgIpc) is 2.95. The van der Waals surface area contributed by atoms with Crippen molar-refractivity contribution in [2.75, 3.05) is 13.2 Å². The van der Waals surface area contributed by atoms with E-state index >= 15 is 0 Å². The van der Waals surface area contributed by atoms with Crippen molar-refractivity contribution in [3.05, 3.63) is 83.1 Å². The first kappa shape index (κ1) is 20.0. The third-order valence-electron chi connectivity index (χ3n) is 7.01. The number of aliphatic hydroxyl groups is 1. The zero-order valence-electron chi connectivity index (χ0n) is 17.9. The fourth-order valence-corrected chi connectivity index (χ4v) is 5.25. The van der Waals surface area contributed by atoms with Crippen LogP contribution in [0.1, 0.15) is 42.1 Å². The molecule has 2 atom stereocenters. The molecular formula is C25H27N3O3. The Balaban J connectivity index is 1.73. The molecule has 31 heavy (non-hydrogen) atoms. The maximum atomic E-state index is 13.4. The van der Waals surface area contributed by atoms with Gasteiger partial charge < -0.3 is 10.0 Å². The van der Waals surface area contributed by atoms with E-state index in [1.54, 1.807) is 23.0 Å². The van der Waals surface area contributed by atoms with Crippen molar-refractivity contribution in [1.82, 2.24) is 14.9 Å². The van der Waals surface area contributed by atoms with Crippen LogP contribution in [0.3, 0.4) is 0 Å². The number of benzene rings is 2. The van der Waals surface area contributed by atoms with E-state index in [1.165, 1.54) is 28.3 Å². The van der Waals surface area contributed by atoms with Crippen LogP contribution in [0, 0.1) is 0 Å². The summed E-state index contributed by atoms with van der Waals surface area (Å²) in [6.07, 6.45) is 3.52. The highest BCUT2D eigenvalue weighted by molar-refractivity contribution is 6.02. The van der Waals surface area contributed by atoms with E-state index in [0.717, 1.165) is 12.8 Å². The molecular weight excluding hydrogens is 390 g/mol. The van der Waals surface area contributed by atoms with Gasteiger partial charge >= 0.3 is 0 Å². The molecule has 2 heterocycles. The van der Waals surface area contributed by atoms with Gasteiger partial charge in [0.25, 0.3) is 5.91 Å². The van der Waals surface area contributed by atoms with Gasteiger partial charge in [-0.05, 0) is 48.9 Å². The summed E-state index contributed by atoms with van der Waals surface area (Å²) < 4.78 is 0. The number of hydrogen-bond acceptors (Lipinski definition) is 5. The number of rotatable bonds is 2. The van der Waals surface area contributed by atoms with Crippen molar-refractivity contribution in [2.45, 2.75) is 44.4 Å². The summed E-state index contributed by atoms with van der Waals surface area (Å²) in [6, 6.07) is 16.7. The van der Waals surface area contributed by atoms with E-state index in [-0.39, 0.29) is 11.9 Å². The summed E-state index contributed by atoms with van der Waals surface area (Å²) >= 11 is 0. The van der Waals surface area contributed by atoms with Crippen LogP contribution >= 0.6 is 0 Å². The van der Waals surface area contributed by atoms with Crippen LogP contribution in [0.4, 0.5) is 0 Å². The standard InChI is InChI=1S/C25H27N3O3/c1-3-26-16-27(28-15-14-21(29)23(30)25(28,2)24(26)31)22-19-10-6-4-8-17(19)12-13-18-9-5-7-11-20(18)22/h4-11,14-15,22-23,30H,3,12-13,16H2,1-2H3. The molecule has 1 saturated heterocycles. The number of nitrogens with zero attached hydrogens (tertiary/aromatic N) is 3. The van der Waals surface area contributed by atoms with Crippen molar-refractivity contribution in [2.24, 2.45) is 0 Å². The molecule has 6 nitrogen and oxygen atoms in total. The van der Waals surface area contributed by atoms with Gasteiger partial charge in [-0.25, -0.2) is 0 Å².